The Morgan fingerprint density at radius 3 is 2.75 bits per heavy atom. The average molecular weight is 191 g/mol. The maximum Gasteiger partial charge on any atom is 0.237 e. The fourth-order valence-electron chi connectivity index (χ4n) is 1.36. The Hall–Kier alpha value is -0.280. The molecule has 0 unspecified atom stereocenters. The third-order valence-electron chi connectivity index (χ3n) is 2.43. The van der Waals surface area contributed by atoms with Gasteiger partial charge in [-0.15, -0.1) is 11.6 Å². The molecule has 0 aromatic rings. The van der Waals surface area contributed by atoms with Gasteiger partial charge in [-0.25, -0.2) is 0 Å². The minimum absolute atomic E-state index is 0.0524. The van der Waals surface area contributed by atoms with Gasteiger partial charge in [-0.1, -0.05) is 0 Å². The van der Waals surface area contributed by atoms with Crippen molar-refractivity contribution in [2.24, 2.45) is 0 Å². The van der Waals surface area contributed by atoms with E-state index in [1.807, 2.05) is 4.90 Å². The molecule has 0 N–H and O–H groups in total. The lowest BCUT2D eigenvalue weighted by atomic mass is 10.2. The Bertz CT molecular complexity index is 174. The van der Waals surface area contributed by atoms with E-state index in [0.29, 0.717) is 6.04 Å². The van der Waals surface area contributed by atoms with E-state index in [-0.39, 0.29) is 11.8 Å². The van der Waals surface area contributed by atoms with Crippen LogP contribution < -0.4 is 0 Å². The summed E-state index contributed by atoms with van der Waals surface area (Å²) in [7, 11) is 2.08. The van der Waals surface area contributed by atoms with Gasteiger partial charge in [0.1, 0.15) is 5.88 Å². The Morgan fingerprint density at radius 1 is 1.58 bits per heavy atom. The monoisotopic (exact) mass is 190 g/mol. The number of alkyl halides is 1. The zero-order valence-electron chi connectivity index (χ0n) is 7.59. The molecule has 0 aromatic carbocycles. The summed E-state index contributed by atoms with van der Waals surface area (Å²) >= 11 is 5.46. The molecule has 0 aromatic heterocycles. The number of carbonyl (C=O) groups is 1. The summed E-state index contributed by atoms with van der Waals surface area (Å²) in [6.45, 7) is 4.69. The number of rotatable bonds is 1. The smallest absolute Gasteiger partial charge is 0.237 e. The van der Waals surface area contributed by atoms with Gasteiger partial charge < -0.3 is 9.80 Å². The number of carbonyl (C=O) groups excluding carboxylic acids is 1. The van der Waals surface area contributed by atoms with Crippen LogP contribution in [-0.2, 0) is 4.79 Å². The quantitative estimate of drug-likeness (QED) is 0.559. The van der Waals surface area contributed by atoms with Crippen LogP contribution in [0.3, 0.4) is 0 Å². The molecule has 70 valence electrons. The first-order valence-corrected chi connectivity index (χ1v) is 4.72. The van der Waals surface area contributed by atoms with Crippen LogP contribution in [0.5, 0.6) is 0 Å². The van der Waals surface area contributed by atoms with Crippen molar-refractivity contribution < 1.29 is 4.79 Å². The first kappa shape index (κ1) is 9.81. The van der Waals surface area contributed by atoms with E-state index in [4.69, 9.17) is 11.6 Å². The number of hydrogen-bond donors (Lipinski definition) is 0. The fourth-order valence-corrected chi connectivity index (χ4v) is 1.53. The Morgan fingerprint density at radius 2 is 2.25 bits per heavy atom. The molecule has 0 saturated carbocycles. The Kier molecular flexibility index (Phi) is 3.35. The highest BCUT2D eigenvalue weighted by molar-refractivity contribution is 6.27. The summed E-state index contributed by atoms with van der Waals surface area (Å²) in [6, 6.07) is 0.450. The zero-order chi connectivity index (χ0) is 9.14. The molecule has 1 saturated heterocycles. The number of likely N-dealkylation sites (N-methyl/N-ethyl adjacent to an activating group) is 1. The van der Waals surface area contributed by atoms with Gasteiger partial charge >= 0.3 is 0 Å². The van der Waals surface area contributed by atoms with E-state index in [2.05, 4.69) is 18.9 Å². The lowest BCUT2D eigenvalue weighted by Gasteiger charge is -2.37. The number of halogens is 1. The fraction of sp³-hybridized carbons (Fsp3) is 0.875. The van der Waals surface area contributed by atoms with Crippen molar-refractivity contribution in [2.75, 3.05) is 32.6 Å². The van der Waals surface area contributed by atoms with Crippen molar-refractivity contribution in [2.45, 2.75) is 13.0 Å². The highest BCUT2D eigenvalue weighted by Crippen LogP contribution is 2.07. The van der Waals surface area contributed by atoms with Gasteiger partial charge in [-0.2, -0.15) is 0 Å². The third kappa shape index (κ3) is 2.11. The number of hydrogen-bond acceptors (Lipinski definition) is 2. The molecule has 1 atom stereocenters. The first-order chi connectivity index (χ1) is 5.65. The van der Waals surface area contributed by atoms with Crippen molar-refractivity contribution in [1.82, 2.24) is 9.80 Å². The molecule has 0 spiro atoms. The van der Waals surface area contributed by atoms with E-state index in [1.165, 1.54) is 0 Å². The molecular formula is C8H15ClN2O. The molecule has 1 heterocycles. The second-order valence-electron chi connectivity index (χ2n) is 3.30. The number of nitrogens with zero attached hydrogens (tertiary/aromatic N) is 2. The summed E-state index contributed by atoms with van der Waals surface area (Å²) in [4.78, 5) is 15.3. The minimum atomic E-state index is 0.0524. The molecule has 1 rings (SSSR count). The van der Waals surface area contributed by atoms with Crippen molar-refractivity contribution >= 4 is 17.5 Å². The van der Waals surface area contributed by atoms with Crippen LogP contribution in [0.4, 0.5) is 0 Å². The molecule has 0 bridgehead atoms. The van der Waals surface area contributed by atoms with Gasteiger partial charge in [0.15, 0.2) is 0 Å². The zero-order valence-corrected chi connectivity index (χ0v) is 8.34. The van der Waals surface area contributed by atoms with Gasteiger partial charge in [-0.3, -0.25) is 4.79 Å². The van der Waals surface area contributed by atoms with Crippen molar-refractivity contribution in [1.29, 1.82) is 0 Å². The van der Waals surface area contributed by atoms with Crippen LogP contribution in [0.25, 0.3) is 0 Å². The van der Waals surface area contributed by atoms with Crippen LogP contribution in [0.15, 0.2) is 0 Å². The summed E-state index contributed by atoms with van der Waals surface area (Å²) in [5, 5.41) is 0. The van der Waals surface area contributed by atoms with E-state index >= 15 is 0 Å². The number of amides is 1. The van der Waals surface area contributed by atoms with E-state index < -0.39 is 0 Å². The SMILES string of the molecule is C[C@@H]1CN(C(=O)CCl)CCN1C. The molecule has 0 aliphatic carbocycles. The second kappa shape index (κ2) is 4.10. The predicted octanol–water partition coefficient (Wildman–Crippen LogP) is 0.388. The van der Waals surface area contributed by atoms with E-state index in [9.17, 15) is 4.79 Å². The van der Waals surface area contributed by atoms with Crippen molar-refractivity contribution in [3.63, 3.8) is 0 Å². The first-order valence-electron chi connectivity index (χ1n) is 4.19. The van der Waals surface area contributed by atoms with Crippen molar-refractivity contribution in [3.8, 4) is 0 Å². The van der Waals surface area contributed by atoms with Crippen LogP contribution in [0.1, 0.15) is 6.92 Å². The summed E-state index contributed by atoms with van der Waals surface area (Å²) in [5.41, 5.74) is 0. The average Bonchev–Trinajstić information content (AvgIpc) is 2.08. The third-order valence-corrected chi connectivity index (χ3v) is 2.66. The molecule has 12 heavy (non-hydrogen) atoms. The molecule has 0 radical (unpaired) electrons. The molecule has 4 heteroatoms. The molecular weight excluding hydrogens is 176 g/mol. The Balaban J connectivity index is 2.45. The minimum Gasteiger partial charge on any atom is -0.339 e. The topological polar surface area (TPSA) is 23.6 Å². The molecule has 1 fully saturated rings. The largest absolute Gasteiger partial charge is 0.339 e. The standard InChI is InChI=1S/C8H15ClN2O/c1-7-6-11(8(12)5-9)4-3-10(7)2/h7H,3-6H2,1-2H3/t7-/m1/s1. The summed E-state index contributed by atoms with van der Waals surface area (Å²) < 4.78 is 0. The maximum absolute atomic E-state index is 11.2. The second-order valence-corrected chi connectivity index (χ2v) is 3.57. The lowest BCUT2D eigenvalue weighted by Crippen LogP contribution is -2.52. The molecule has 1 aliphatic heterocycles. The normalized spacial score (nSPS) is 25.9. The van der Waals surface area contributed by atoms with Gasteiger partial charge in [0.05, 0.1) is 0 Å². The molecule has 1 amide bonds. The van der Waals surface area contributed by atoms with Crippen LogP contribution in [0, 0.1) is 0 Å². The van der Waals surface area contributed by atoms with Crippen LogP contribution in [-0.4, -0.2) is 54.3 Å². The van der Waals surface area contributed by atoms with Gasteiger partial charge in [0.25, 0.3) is 0 Å². The van der Waals surface area contributed by atoms with Gasteiger partial charge in [-0.05, 0) is 14.0 Å². The summed E-state index contributed by atoms with van der Waals surface area (Å²) in [5.74, 6) is 0.160. The van der Waals surface area contributed by atoms with Gasteiger partial charge in [0.2, 0.25) is 5.91 Å². The van der Waals surface area contributed by atoms with Crippen LogP contribution >= 0.6 is 11.6 Å². The summed E-state index contributed by atoms with van der Waals surface area (Å²) in [6.07, 6.45) is 0. The van der Waals surface area contributed by atoms with E-state index in [1.54, 1.807) is 0 Å². The van der Waals surface area contributed by atoms with E-state index in [0.717, 1.165) is 19.6 Å². The Labute approximate surface area is 78.3 Å². The lowest BCUT2D eigenvalue weighted by molar-refractivity contribution is -0.131. The predicted molar refractivity (Wildman–Crippen MR) is 49.4 cm³/mol. The number of piperazine rings is 1. The highest BCUT2D eigenvalue weighted by Gasteiger charge is 2.23. The van der Waals surface area contributed by atoms with Gasteiger partial charge in [0, 0.05) is 25.7 Å². The maximum atomic E-state index is 11.2. The molecule has 1 aliphatic rings. The highest BCUT2D eigenvalue weighted by atomic mass is 35.5. The van der Waals surface area contributed by atoms with Crippen LogP contribution in [0.2, 0.25) is 0 Å². The molecule has 3 nitrogen and oxygen atoms in total. The van der Waals surface area contributed by atoms with Crippen molar-refractivity contribution in [3.05, 3.63) is 0 Å².